The standard InChI is InChI=1S/C33H42N6O6S/c34-30(35)22-9-6-21(7-10-22)18-24(29(43)32-36-16-17-46-32)37-31(44)25-12-11-23-19-38(26(13-15-28(41)42)33(45)39(23)25)27(40)14-8-20-4-2-1-3-5-20/h1-5,16-17,21-26H,6-15,18-19H2,(H3,34,35)(H,37,44)(H,41,42)/t21?,22?,23-,24?,25?,26?/m0/s1. The lowest BCUT2D eigenvalue weighted by atomic mass is 9.78. The number of carboxylic acid groups (broad SMARTS) is 1. The second-order valence-electron chi connectivity index (χ2n) is 12.6. The minimum absolute atomic E-state index is 0.0401. The average Bonchev–Trinajstić information content (AvgIpc) is 3.74. The SMILES string of the molecule is N=C(N)C1CCC(CC(NC(=O)C2CC[C@H]3CN(C(=O)CCc4ccccc4)C(CCC(=O)O)C(=O)N23)C(=O)c2nccs2)CC1. The Morgan fingerprint density at radius 2 is 1.80 bits per heavy atom. The molecule has 0 spiro atoms. The Kier molecular flexibility index (Phi) is 10.8. The van der Waals surface area contributed by atoms with Crippen LogP contribution in [-0.2, 0) is 25.6 Å². The molecule has 5 N–H and O–H groups in total. The van der Waals surface area contributed by atoms with E-state index < -0.39 is 35.9 Å². The third-order valence-corrected chi connectivity index (χ3v) is 10.5. The molecule has 3 unspecified atom stereocenters. The number of carbonyl (C=O) groups is 5. The van der Waals surface area contributed by atoms with Crippen molar-refractivity contribution in [2.45, 2.75) is 94.8 Å². The smallest absolute Gasteiger partial charge is 0.303 e. The van der Waals surface area contributed by atoms with Crippen LogP contribution in [0.2, 0.25) is 0 Å². The summed E-state index contributed by atoms with van der Waals surface area (Å²) in [6.45, 7) is 0.230. The van der Waals surface area contributed by atoms with Crippen molar-refractivity contribution >= 4 is 46.6 Å². The number of amides is 3. The second kappa shape index (κ2) is 15.0. The summed E-state index contributed by atoms with van der Waals surface area (Å²) in [5.41, 5.74) is 6.71. The number of nitrogens with one attached hydrogen (secondary N) is 2. The molecule has 1 saturated carbocycles. The van der Waals surface area contributed by atoms with Crippen LogP contribution >= 0.6 is 11.3 Å². The van der Waals surface area contributed by atoms with Gasteiger partial charge in [0.1, 0.15) is 12.1 Å². The molecular weight excluding hydrogens is 608 g/mol. The summed E-state index contributed by atoms with van der Waals surface area (Å²) in [7, 11) is 0. The molecule has 2 saturated heterocycles. The fourth-order valence-electron chi connectivity index (χ4n) is 7.20. The summed E-state index contributed by atoms with van der Waals surface area (Å²) in [6.07, 6.45) is 6.31. The first-order valence-electron chi connectivity index (χ1n) is 16.1. The second-order valence-corrected chi connectivity index (χ2v) is 13.5. The highest BCUT2D eigenvalue weighted by Crippen LogP contribution is 2.34. The molecule has 2 aromatic rings. The predicted molar refractivity (Wildman–Crippen MR) is 171 cm³/mol. The van der Waals surface area contributed by atoms with Crippen molar-refractivity contribution in [2.24, 2.45) is 17.6 Å². The third kappa shape index (κ3) is 7.80. The van der Waals surface area contributed by atoms with Crippen molar-refractivity contribution in [2.75, 3.05) is 6.54 Å². The van der Waals surface area contributed by atoms with Crippen molar-refractivity contribution in [1.82, 2.24) is 20.1 Å². The number of hydrogen-bond acceptors (Lipinski definition) is 8. The molecule has 13 heteroatoms. The number of aliphatic carboxylic acids is 1. The van der Waals surface area contributed by atoms with Gasteiger partial charge in [-0.25, -0.2) is 4.98 Å². The number of aryl methyl sites for hydroxylation is 1. The molecule has 0 radical (unpaired) electrons. The summed E-state index contributed by atoms with van der Waals surface area (Å²) in [6, 6.07) is 6.56. The van der Waals surface area contributed by atoms with Gasteiger partial charge in [0.2, 0.25) is 23.5 Å². The Labute approximate surface area is 272 Å². The summed E-state index contributed by atoms with van der Waals surface area (Å²) in [5.74, 6) is -2.02. The zero-order chi connectivity index (χ0) is 32.8. The Morgan fingerprint density at radius 1 is 1.07 bits per heavy atom. The Balaban J connectivity index is 1.29. The highest BCUT2D eigenvalue weighted by atomic mass is 32.1. The van der Waals surface area contributed by atoms with E-state index in [0.29, 0.717) is 30.7 Å². The van der Waals surface area contributed by atoms with E-state index in [1.54, 1.807) is 11.6 Å². The first-order chi connectivity index (χ1) is 22.1. The zero-order valence-electron chi connectivity index (χ0n) is 25.8. The Hall–Kier alpha value is -4.13. The Bertz CT molecular complexity index is 1430. The van der Waals surface area contributed by atoms with Gasteiger partial charge < -0.3 is 26.0 Å². The van der Waals surface area contributed by atoms with Gasteiger partial charge >= 0.3 is 5.97 Å². The molecular formula is C33H42N6O6S. The first-order valence-corrected chi connectivity index (χ1v) is 17.0. The fraction of sp³-hybridized carbons (Fsp3) is 0.545. The maximum absolute atomic E-state index is 14.0. The van der Waals surface area contributed by atoms with Crippen LogP contribution in [0.3, 0.4) is 0 Å². The zero-order valence-corrected chi connectivity index (χ0v) is 26.6. The first kappa shape index (κ1) is 33.2. The number of fused-ring (bicyclic) bond motifs is 1. The number of ketones is 1. The van der Waals surface area contributed by atoms with E-state index in [0.717, 1.165) is 31.2 Å². The lowest BCUT2D eigenvalue weighted by Crippen LogP contribution is -2.64. The van der Waals surface area contributed by atoms with E-state index in [2.05, 4.69) is 10.3 Å². The predicted octanol–water partition coefficient (Wildman–Crippen LogP) is 3.01. The molecule has 2 aliphatic heterocycles. The van der Waals surface area contributed by atoms with Gasteiger partial charge in [0.15, 0.2) is 5.01 Å². The molecule has 5 rings (SSSR count). The summed E-state index contributed by atoms with van der Waals surface area (Å²) in [5, 5.41) is 22.1. The van der Waals surface area contributed by atoms with Gasteiger partial charge in [0.25, 0.3) is 0 Å². The van der Waals surface area contributed by atoms with E-state index in [9.17, 15) is 29.1 Å². The van der Waals surface area contributed by atoms with Crippen LogP contribution < -0.4 is 11.1 Å². The molecule has 246 valence electrons. The number of Topliss-reactive ketones (excluding diaryl/α,β-unsaturated/α-hetero) is 1. The van der Waals surface area contributed by atoms with Crippen LogP contribution in [-0.4, -0.2) is 85.9 Å². The van der Waals surface area contributed by atoms with E-state index in [1.165, 1.54) is 21.1 Å². The number of piperazine rings is 1. The number of thiazole rings is 1. The largest absolute Gasteiger partial charge is 0.481 e. The van der Waals surface area contributed by atoms with Gasteiger partial charge in [-0.15, -0.1) is 11.3 Å². The van der Waals surface area contributed by atoms with Gasteiger partial charge in [-0.1, -0.05) is 30.3 Å². The van der Waals surface area contributed by atoms with Crippen LogP contribution in [0.15, 0.2) is 41.9 Å². The lowest BCUT2D eigenvalue weighted by molar-refractivity contribution is -0.158. The average molecular weight is 651 g/mol. The molecule has 3 aliphatic rings. The van der Waals surface area contributed by atoms with Crippen molar-refractivity contribution < 1.29 is 29.1 Å². The van der Waals surface area contributed by atoms with Crippen molar-refractivity contribution in [3.8, 4) is 0 Å². The van der Waals surface area contributed by atoms with E-state index >= 15 is 0 Å². The quantitative estimate of drug-likeness (QED) is 0.145. The minimum atomic E-state index is -1.07. The van der Waals surface area contributed by atoms with Crippen molar-refractivity contribution in [1.29, 1.82) is 5.41 Å². The summed E-state index contributed by atoms with van der Waals surface area (Å²) < 4.78 is 0. The fourth-order valence-corrected chi connectivity index (χ4v) is 7.83. The molecule has 3 heterocycles. The van der Waals surface area contributed by atoms with Crippen LogP contribution in [0, 0.1) is 17.2 Å². The van der Waals surface area contributed by atoms with Crippen LogP contribution in [0.5, 0.6) is 0 Å². The van der Waals surface area contributed by atoms with Gasteiger partial charge in [0.05, 0.1) is 17.9 Å². The molecule has 1 aliphatic carbocycles. The number of rotatable bonds is 13. The van der Waals surface area contributed by atoms with E-state index in [-0.39, 0.29) is 61.2 Å². The molecule has 12 nitrogen and oxygen atoms in total. The van der Waals surface area contributed by atoms with E-state index in [4.69, 9.17) is 11.1 Å². The highest BCUT2D eigenvalue weighted by Gasteiger charge is 2.50. The van der Waals surface area contributed by atoms with Crippen LogP contribution in [0.25, 0.3) is 0 Å². The third-order valence-electron chi connectivity index (χ3n) is 9.68. The maximum atomic E-state index is 14.0. The highest BCUT2D eigenvalue weighted by molar-refractivity contribution is 7.11. The molecule has 3 fully saturated rings. The number of nitrogens with two attached hydrogens (primary N) is 1. The van der Waals surface area contributed by atoms with Crippen molar-refractivity contribution in [3.05, 3.63) is 52.5 Å². The molecule has 3 amide bonds. The molecule has 46 heavy (non-hydrogen) atoms. The number of hydrogen-bond donors (Lipinski definition) is 4. The van der Waals surface area contributed by atoms with E-state index in [1.807, 2.05) is 30.3 Å². The minimum Gasteiger partial charge on any atom is -0.481 e. The van der Waals surface area contributed by atoms with Crippen molar-refractivity contribution in [3.63, 3.8) is 0 Å². The van der Waals surface area contributed by atoms with Gasteiger partial charge in [-0.2, -0.15) is 0 Å². The topological polar surface area (TPSA) is 187 Å². The van der Waals surface area contributed by atoms with Gasteiger partial charge in [0, 0.05) is 36.9 Å². The van der Waals surface area contributed by atoms with Crippen LogP contribution in [0.4, 0.5) is 0 Å². The van der Waals surface area contributed by atoms with Gasteiger partial charge in [-0.3, -0.25) is 29.4 Å². The molecule has 1 aromatic carbocycles. The molecule has 0 bridgehead atoms. The number of aromatic nitrogens is 1. The molecule has 4 atom stereocenters. The van der Waals surface area contributed by atoms with Crippen LogP contribution in [0.1, 0.15) is 79.6 Å². The number of carboxylic acids is 1. The maximum Gasteiger partial charge on any atom is 0.303 e. The summed E-state index contributed by atoms with van der Waals surface area (Å²) in [4.78, 5) is 73.5. The Morgan fingerprint density at radius 3 is 2.46 bits per heavy atom. The number of nitrogens with zero attached hydrogens (tertiary/aromatic N) is 3. The number of benzene rings is 1. The lowest BCUT2D eigenvalue weighted by Gasteiger charge is -2.44. The number of carbonyl (C=O) groups excluding carboxylic acids is 4. The van der Waals surface area contributed by atoms with Gasteiger partial charge in [-0.05, 0) is 69.3 Å². The summed E-state index contributed by atoms with van der Waals surface area (Å²) >= 11 is 1.21. The number of amidine groups is 1. The molecule has 1 aromatic heterocycles. The normalized spacial score (nSPS) is 25.0. The monoisotopic (exact) mass is 650 g/mol.